The number of nitrogen functional groups attached to an aromatic ring is 1. The second kappa shape index (κ2) is 15.3. The fourth-order valence-corrected chi connectivity index (χ4v) is 6.35. The van der Waals surface area contributed by atoms with Crippen LogP contribution in [0.15, 0.2) is 31.8 Å². The minimum atomic E-state index is -1.31. The number of aromatic nitrogens is 4. The molecule has 4 rings (SSSR count). The number of rotatable bonds is 8. The fourth-order valence-electron chi connectivity index (χ4n) is 3.41. The van der Waals surface area contributed by atoms with Crippen molar-refractivity contribution in [2.45, 2.75) is 16.6 Å². The molecule has 0 saturated carbocycles. The summed E-state index contributed by atoms with van der Waals surface area (Å²) in [6, 6.07) is -0.993. The Balaban J connectivity index is 0.00000380. The van der Waals surface area contributed by atoms with Crippen molar-refractivity contribution in [1.82, 2.24) is 30.0 Å². The van der Waals surface area contributed by atoms with Gasteiger partial charge in [0.1, 0.15) is 29.9 Å². The van der Waals surface area contributed by atoms with Crippen LogP contribution in [0, 0.1) is 0 Å². The molecule has 2 aliphatic rings. The quantitative estimate of drug-likeness (QED) is 0.0704. The zero-order valence-electron chi connectivity index (χ0n) is 20.1. The van der Waals surface area contributed by atoms with Crippen molar-refractivity contribution < 1.29 is 45.9 Å². The molecule has 2 atom stereocenters. The second-order valence-electron chi connectivity index (χ2n) is 7.25. The molecule has 0 aromatic carbocycles. The molecule has 0 spiro atoms. The molecule has 2 amide bonds. The molecule has 0 radical (unpaired) electrons. The van der Waals surface area contributed by atoms with Crippen LogP contribution < -0.4 is 16.6 Å². The third-order valence-electron chi connectivity index (χ3n) is 4.98. The summed E-state index contributed by atoms with van der Waals surface area (Å²) < 4.78 is 1.19. The normalized spacial score (nSPS) is 17.6. The Morgan fingerprint density at radius 2 is 1.98 bits per heavy atom. The summed E-state index contributed by atoms with van der Waals surface area (Å²) in [6.07, 6.45) is 0. The van der Waals surface area contributed by atoms with E-state index in [2.05, 4.69) is 25.5 Å². The third-order valence-corrected chi connectivity index (χ3v) is 8.10. The molecular formula is C18H25N8NaO10S3. The Labute approximate surface area is 259 Å². The van der Waals surface area contributed by atoms with E-state index in [0.717, 1.165) is 28.0 Å². The van der Waals surface area contributed by atoms with Gasteiger partial charge in [0, 0.05) is 23.9 Å². The zero-order valence-corrected chi connectivity index (χ0v) is 22.5. The second-order valence-corrected chi connectivity index (χ2v) is 10.2. The van der Waals surface area contributed by atoms with E-state index in [4.69, 9.17) is 10.6 Å². The number of hydrogen-bond donors (Lipinski definition) is 4. The number of nitrogens with one attached hydrogen (secondary N) is 1. The average molecular weight is 633 g/mol. The van der Waals surface area contributed by atoms with Gasteiger partial charge in [0.2, 0.25) is 0 Å². The number of carboxylic acid groups (broad SMARTS) is 1. The summed E-state index contributed by atoms with van der Waals surface area (Å²) >= 11 is 3.41. The number of carboxylic acids is 1. The molecule has 0 aliphatic carbocycles. The Kier molecular flexibility index (Phi) is 14.2. The number of aromatic hydroxyl groups is 1. The number of nitrogens with two attached hydrogens (primary N) is 1. The number of oxime groups is 1. The molecule has 1 fully saturated rings. The van der Waals surface area contributed by atoms with Crippen LogP contribution in [0.25, 0.3) is 0 Å². The van der Waals surface area contributed by atoms with E-state index in [0.29, 0.717) is 5.57 Å². The molecule has 18 nitrogen and oxygen atoms in total. The molecule has 11 N–H and O–H groups in total. The zero-order chi connectivity index (χ0) is 26.1. The van der Waals surface area contributed by atoms with Gasteiger partial charge in [-0.25, -0.2) is 14.5 Å². The van der Waals surface area contributed by atoms with Crippen LogP contribution in [0.5, 0.6) is 5.88 Å². The van der Waals surface area contributed by atoms with Gasteiger partial charge >= 0.3 is 41.1 Å². The van der Waals surface area contributed by atoms with E-state index in [1.54, 1.807) is 0 Å². The maximum atomic E-state index is 12.9. The van der Waals surface area contributed by atoms with Crippen molar-refractivity contribution in [3.8, 4) is 5.88 Å². The Morgan fingerprint density at radius 1 is 1.30 bits per heavy atom. The summed E-state index contributed by atoms with van der Waals surface area (Å²) in [5.74, 6) is -3.04. The van der Waals surface area contributed by atoms with Crippen LogP contribution in [-0.4, -0.2) is 134 Å². The van der Waals surface area contributed by atoms with E-state index in [9.17, 15) is 29.4 Å². The number of thiazole rings is 1. The number of carbonyl (C=O) groups excluding carboxylic acids is 2. The standard InChI is InChI=1S/C18H18N8O7S3.Na.3H2O.H/c1-25-18(22-12(28)13(29)23-25)36-4-6-3-34-15-9(14(30)26(15)10(6)16(31)32)21-11(27)8(24-33-2)7-5-35-17(19)20-7;;;;;/h5,9,15H,3-4H2,1-2H3,(H2,19,20)(H,21,27)(H,23,29)(H,31,32);;3*1H2;/b24-8-;;;;;/t9-,15-;;;;;/m1...../s1. The molecule has 0 bridgehead atoms. The summed E-state index contributed by atoms with van der Waals surface area (Å²) in [7, 11) is 2.72. The number of amides is 2. The summed E-state index contributed by atoms with van der Waals surface area (Å²) in [6.45, 7) is 0. The van der Waals surface area contributed by atoms with E-state index in [-0.39, 0.29) is 84.9 Å². The van der Waals surface area contributed by atoms with Gasteiger partial charge in [-0.3, -0.25) is 19.3 Å². The van der Waals surface area contributed by atoms with Crippen molar-refractivity contribution >= 4 is 93.0 Å². The fraction of sp³-hybridized carbons (Fsp3) is 0.333. The first kappa shape index (κ1) is 37.2. The topological polar surface area (TPSA) is 310 Å². The summed E-state index contributed by atoms with van der Waals surface area (Å²) in [5.41, 5.74) is 4.94. The van der Waals surface area contributed by atoms with Crippen molar-refractivity contribution in [2.24, 2.45) is 12.2 Å². The number of hydrogen-bond acceptors (Lipinski definition) is 14. The van der Waals surface area contributed by atoms with Crippen molar-refractivity contribution in [3.05, 3.63) is 32.7 Å². The van der Waals surface area contributed by atoms with Gasteiger partial charge < -0.3 is 42.5 Å². The van der Waals surface area contributed by atoms with Gasteiger partial charge in [-0.1, -0.05) is 16.9 Å². The number of nitrogens with zero attached hydrogens (tertiary/aromatic N) is 6. The molecule has 0 unspecified atom stereocenters. The van der Waals surface area contributed by atoms with Gasteiger partial charge in [0.25, 0.3) is 17.7 Å². The maximum absolute atomic E-state index is 12.9. The number of aliphatic carboxylic acids is 1. The van der Waals surface area contributed by atoms with Crippen LogP contribution in [0.1, 0.15) is 5.69 Å². The molecule has 2 aromatic rings. The molecule has 2 aliphatic heterocycles. The SMILES string of the molecule is CO/N=C(\C(=O)N[C@@H]1C(=O)N2C(C(=O)O)=C(CSc3nc(=O)c(O)nn3C)CS[C@H]12)c1csc(N)n1.O.O.O.[NaH]. The number of carbonyl (C=O) groups is 3. The van der Waals surface area contributed by atoms with E-state index < -0.39 is 40.6 Å². The van der Waals surface area contributed by atoms with E-state index in [1.807, 2.05) is 0 Å². The van der Waals surface area contributed by atoms with Crippen LogP contribution in [0.3, 0.4) is 0 Å². The third kappa shape index (κ3) is 7.30. The number of thioether (sulfide) groups is 2. The Morgan fingerprint density at radius 3 is 2.55 bits per heavy atom. The molecular weight excluding hydrogens is 607 g/mol. The van der Waals surface area contributed by atoms with Gasteiger partial charge in [-0.05, 0) is 5.57 Å². The molecule has 1 saturated heterocycles. The first-order valence-electron chi connectivity index (χ1n) is 9.92. The van der Waals surface area contributed by atoms with Crippen molar-refractivity contribution in [3.63, 3.8) is 0 Å². The first-order valence-corrected chi connectivity index (χ1v) is 12.8. The first-order chi connectivity index (χ1) is 17.1. The molecule has 216 valence electrons. The van der Waals surface area contributed by atoms with Gasteiger partial charge in [-0.2, -0.15) is 4.98 Å². The predicted molar refractivity (Wildman–Crippen MR) is 147 cm³/mol. The molecule has 2 aromatic heterocycles. The predicted octanol–water partition coefficient (Wildman–Crippen LogP) is -4.32. The Bertz CT molecular complexity index is 1380. The van der Waals surface area contributed by atoms with Gasteiger partial charge in [0.15, 0.2) is 16.0 Å². The van der Waals surface area contributed by atoms with Gasteiger partial charge in [-0.15, -0.1) is 28.2 Å². The van der Waals surface area contributed by atoms with E-state index >= 15 is 0 Å². The number of aryl methyl sites for hydroxylation is 1. The summed E-state index contributed by atoms with van der Waals surface area (Å²) in [5, 5.41) is 30.3. The van der Waals surface area contributed by atoms with Crippen LogP contribution in [0.4, 0.5) is 5.13 Å². The number of fused-ring (bicyclic) bond motifs is 1. The average Bonchev–Trinajstić information content (AvgIpc) is 3.27. The number of anilines is 1. The molecule has 4 heterocycles. The van der Waals surface area contributed by atoms with Crippen LogP contribution in [0.2, 0.25) is 0 Å². The monoisotopic (exact) mass is 632 g/mol. The van der Waals surface area contributed by atoms with Crippen molar-refractivity contribution in [2.75, 3.05) is 24.3 Å². The van der Waals surface area contributed by atoms with E-state index in [1.165, 1.54) is 36.0 Å². The Hall–Kier alpha value is -2.76. The summed E-state index contributed by atoms with van der Waals surface area (Å²) in [4.78, 5) is 62.9. The van der Waals surface area contributed by atoms with Gasteiger partial charge in [0.05, 0.1) is 0 Å². The molecule has 22 heteroatoms. The molecule has 40 heavy (non-hydrogen) atoms. The number of β-lactam (4-membered cyclic amide) rings is 1. The van der Waals surface area contributed by atoms with Crippen LogP contribution >= 0.6 is 34.9 Å². The minimum absolute atomic E-state index is 0. The van der Waals surface area contributed by atoms with Crippen molar-refractivity contribution in [1.29, 1.82) is 0 Å². The van der Waals surface area contributed by atoms with Crippen LogP contribution in [-0.2, 0) is 26.3 Å².